The summed E-state index contributed by atoms with van der Waals surface area (Å²) in [5.41, 5.74) is 2.18. The number of hydrogen-bond acceptors (Lipinski definition) is 4. The van der Waals surface area contributed by atoms with Crippen molar-refractivity contribution in [1.82, 2.24) is 4.90 Å². The summed E-state index contributed by atoms with van der Waals surface area (Å²) in [6, 6.07) is 12.6. The topological polar surface area (TPSA) is 67.9 Å². The van der Waals surface area contributed by atoms with Gasteiger partial charge in [0.15, 0.2) is 0 Å². The minimum Gasteiger partial charge on any atom is -0.491 e. The summed E-state index contributed by atoms with van der Waals surface area (Å²) in [6.45, 7) is 3.19. The molecule has 0 aliphatic carbocycles. The zero-order valence-electron chi connectivity index (χ0n) is 16.6. The molecule has 1 heterocycles. The summed E-state index contributed by atoms with van der Waals surface area (Å²) in [6.07, 6.45) is 2.24. The Labute approximate surface area is 179 Å². The number of nitrogens with zero attached hydrogens (tertiary/aromatic N) is 1. The Morgan fingerprint density at radius 3 is 2.66 bits per heavy atom. The second-order valence-electron chi connectivity index (χ2n) is 7.14. The summed E-state index contributed by atoms with van der Waals surface area (Å²) in [4.78, 5) is 26.3. The Bertz CT molecular complexity index is 864. The van der Waals surface area contributed by atoms with Gasteiger partial charge < -0.3 is 19.7 Å². The lowest BCUT2D eigenvalue weighted by Crippen LogP contribution is -2.35. The van der Waals surface area contributed by atoms with Crippen LogP contribution in [0.15, 0.2) is 46.9 Å². The third-order valence-corrected chi connectivity index (χ3v) is 5.24. The fraction of sp³-hybridized carbons (Fsp3) is 0.364. The number of carbonyl (C=O) groups is 2. The van der Waals surface area contributed by atoms with E-state index in [2.05, 4.69) is 21.2 Å². The van der Waals surface area contributed by atoms with Crippen molar-refractivity contribution < 1.29 is 19.1 Å². The fourth-order valence-electron chi connectivity index (χ4n) is 3.12. The van der Waals surface area contributed by atoms with Gasteiger partial charge in [-0.2, -0.15) is 0 Å². The van der Waals surface area contributed by atoms with Gasteiger partial charge in [0, 0.05) is 29.4 Å². The molecule has 1 saturated heterocycles. The number of hydrogen-bond donors (Lipinski definition) is 1. The summed E-state index contributed by atoms with van der Waals surface area (Å²) >= 11 is 3.40. The van der Waals surface area contributed by atoms with E-state index in [1.807, 2.05) is 25.1 Å². The van der Waals surface area contributed by atoms with Gasteiger partial charge in [0.05, 0.1) is 12.6 Å². The average Bonchev–Trinajstić information content (AvgIpc) is 3.22. The molecular formula is C22H25BrN2O4. The van der Waals surface area contributed by atoms with Crippen LogP contribution in [0.25, 0.3) is 0 Å². The molecule has 1 fully saturated rings. The molecule has 7 heteroatoms. The predicted molar refractivity (Wildman–Crippen MR) is 115 cm³/mol. The molecule has 2 aromatic rings. The summed E-state index contributed by atoms with van der Waals surface area (Å²) in [7, 11) is 1.61. The standard InChI is InChI=1S/C22H25BrN2O4/c1-15-12-17(23)7-10-20(15)24-21(26)13-25(2)22(27)16-5-8-18(9-6-16)29-14-19-4-3-11-28-19/h5-10,12,19H,3-4,11,13-14H2,1-2H3,(H,24,26). The van der Waals surface area contributed by atoms with E-state index in [4.69, 9.17) is 9.47 Å². The number of rotatable bonds is 7. The van der Waals surface area contributed by atoms with Crippen molar-refractivity contribution in [3.63, 3.8) is 0 Å². The van der Waals surface area contributed by atoms with E-state index < -0.39 is 0 Å². The number of ether oxygens (including phenoxy) is 2. The van der Waals surface area contributed by atoms with Crippen molar-refractivity contribution in [2.24, 2.45) is 0 Å². The van der Waals surface area contributed by atoms with Gasteiger partial charge in [-0.25, -0.2) is 0 Å². The lowest BCUT2D eigenvalue weighted by molar-refractivity contribution is -0.116. The molecule has 2 aromatic carbocycles. The lowest BCUT2D eigenvalue weighted by atomic mass is 10.2. The van der Waals surface area contributed by atoms with Crippen molar-refractivity contribution in [1.29, 1.82) is 0 Å². The highest BCUT2D eigenvalue weighted by Crippen LogP contribution is 2.20. The number of likely N-dealkylation sites (N-methyl/N-ethyl adjacent to an activating group) is 1. The molecule has 154 valence electrons. The molecule has 3 rings (SSSR count). The molecule has 2 amide bonds. The number of anilines is 1. The van der Waals surface area contributed by atoms with Crippen LogP contribution in [0.1, 0.15) is 28.8 Å². The van der Waals surface area contributed by atoms with Crippen LogP contribution in [-0.2, 0) is 9.53 Å². The number of nitrogens with one attached hydrogen (secondary N) is 1. The van der Waals surface area contributed by atoms with Crippen molar-refractivity contribution in [3.8, 4) is 5.75 Å². The van der Waals surface area contributed by atoms with Gasteiger partial charge in [-0.3, -0.25) is 9.59 Å². The van der Waals surface area contributed by atoms with Crippen LogP contribution in [0.4, 0.5) is 5.69 Å². The second-order valence-corrected chi connectivity index (χ2v) is 8.05. The molecule has 0 aromatic heterocycles. The molecule has 0 radical (unpaired) electrons. The number of amides is 2. The molecule has 1 N–H and O–H groups in total. The predicted octanol–water partition coefficient (Wildman–Crippen LogP) is 4.03. The van der Waals surface area contributed by atoms with E-state index in [1.165, 1.54) is 4.90 Å². The molecule has 1 unspecified atom stereocenters. The Kier molecular flexibility index (Phi) is 7.28. The highest BCUT2D eigenvalue weighted by atomic mass is 79.9. The molecule has 1 aliphatic rings. The summed E-state index contributed by atoms with van der Waals surface area (Å²) < 4.78 is 12.2. The zero-order chi connectivity index (χ0) is 20.8. The van der Waals surface area contributed by atoms with E-state index in [9.17, 15) is 9.59 Å². The Morgan fingerprint density at radius 2 is 2.00 bits per heavy atom. The van der Waals surface area contributed by atoms with Crippen LogP contribution in [0.2, 0.25) is 0 Å². The number of carbonyl (C=O) groups excluding carboxylic acids is 2. The third-order valence-electron chi connectivity index (χ3n) is 4.75. The Hall–Kier alpha value is -2.38. The van der Waals surface area contributed by atoms with E-state index in [0.29, 0.717) is 17.9 Å². The maximum atomic E-state index is 12.6. The average molecular weight is 461 g/mol. The maximum absolute atomic E-state index is 12.6. The van der Waals surface area contributed by atoms with E-state index >= 15 is 0 Å². The largest absolute Gasteiger partial charge is 0.491 e. The first-order chi connectivity index (χ1) is 13.9. The SMILES string of the molecule is Cc1cc(Br)ccc1NC(=O)CN(C)C(=O)c1ccc(OCC2CCCO2)cc1. The maximum Gasteiger partial charge on any atom is 0.254 e. The number of benzene rings is 2. The molecular weight excluding hydrogens is 436 g/mol. The van der Waals surface area contributed by atoms with Crippen molar-refractivity contribution in [2.75, 3.05) is 32.1 Å². The van der Waals surface area contributed by atoms with Gasteiger partial charge >= 0.3 is 0 Å². The van der Waals surface area contributed by atoms with Crippen LogP contribution < -0.4 is 10.1 Å². The van der Waals surface area contributed by atoms with Crippen LogP contribution in [0, 0.1) is 6.92 Å². The second kappa shape index (κ2) is 9.89. The molecule has 29 heavy (non-hydrogen) atoms. The van der Waals surface area contributed by atoms with Crippen LogP contribution in [-0.4, -0.2) is 49.6 Å². The van der Waals surface area contributed by atoms with E-state index in [-0.39, 0.29) is 24.5 Å². The van der Waals surface area contributed by atoms with Gasteiger partial charge in [0.25, 0.3) is 5.91 Å². The van der Waals surface area contributed by atoms with Crippen molar-refractivity contribution >= 4 is 33.4 Å². The van der Waals surface area contributed by atoms with Crippen molar-refractivity contribution in [2.45, 2.75) is 25.9 Å². The zero-order valence-corrected chi connectivity index (χ0v) is 18.2. The highest BCUT2D eigenvalue weighted by molar-refractivity contribution is 9.10. The Morgan fingerprint density at radius 1 is 1.24 bits per heavy atom. The van der Waals surface area contributed by atoms with Crippen molar-refractivity contribution in [3.05, 3.63) is 58.1 Å². The van der Waals surface area contributed by atoms with Gasteiger partial charge in [-0.1, -0.05) is 15.9 Å². The van der Waals surface area contributed by atoms with Gasteiger partial charge in [0.2, 0.25) is 5.91 Å². The molecule has 0 spiro atoms. The smallest absolute Gasteiger partial charge is 0.254 e. The minimum atomic E-state index is -0.247. The first-order valence-electron chi connectivity index (χ1n) is 9.58. The fourth-order valence-corrected chi connectivity index (χ4v) is 3.60. The van der Waals surface area contributed by atoms with E-state index in [1.54, 1.807) is 31.3 Å². The summed E-state index contributed by atoms with van der Waals surface area (Å²) in [5.74, 6) is 0.226. The molecule has 0 saturated carbocycles. The van der Waals surface area contributed by atoms with Crippen LogP contribution >= 0.6 is 15.9 Å². The van der Waals surface area contributed by atoms with Gasteiger partial charge in [-0.15, -0.1) is 0 Å². The van der Waals surface area contributed by atoms with Crippen LogP contribution in [0.3, 0.4) is 0 Å². The van der Waals surface area contributed by atoms with E-state index in [0.717, 1.165) is 35.2 Å². The molecule has 1 atom stereocenters. The molecule has 1 aliphatic heterocycles. The quantitative estimate of drug-likeness (QED) is 0.677. The normalized spacial score (nSPS) is 15.8. The minimum absolute atomic E-state index is 0.0361. The van der Waals surface area contributed by atoms with Gasteiger partial charge in [-0.05, 0) is 67.8 Å². The third kappa shape index (κ3) is 6.05. The molecule has 6 nitrogen and oxygen atoms in total. The molecule has 0 bridgehead atoms. The first-order valence-corrected chi connectivity index (χ1v) is 10.4. The number of halogens is 1. The Balaban J connectivity index is 1.51. The van der Waals surface area contributed by atoms with Gasteiger partial charge in [0.1, 0.15) is 12.4 Å². The number of aryl methyl sites for hydroxylation is 1. The highest BCUT2D eigenvalue weighted by Gasteiger charge is 2.17. The summed E-state index contributed by atoms with van der Waals surface area (Å²) in [5, 5.41) is 2.84. The van der Waals surface area contributed by atoms with Crippen LogP contribution in [0.5, 0.6) is 5.75 Å². The lowest BCUT2D eigenvalue weighted by Gasteiger charge is -2.18. The first kappa shape index (κ1) is 21.3. The monoisotopic (exact) mass is 460 g/mol.